The Morgan fingerprint density at radius 3 is 2.35 bits per heavy atom. The molecule has 0 radical (unpaired) electrons. The fourth-order valence-electron chi connectivity index (χ4n) is 4.05. The maximum absolute atomic E-state index is 9.42. The molecule has 0 saturated carbocycles. The van der Waals surface area contributed by atoms with Gasteiger partial charge in [0.15, 0.2) is 0 Å². The number of hydrogen-bond donors (Lipinski definition) is 0. The Morgan fingerprint density at radius 2 is 1.70 bits per heavy atom. The van der Waals surface area contributed by atoms with Crippen molar-refractivity contribution in [2.24, 2.45) is 23.2 Å². The Kier molecular flexibility index (Phi) is 4.19. The van der Waals surface area contributed by atoms with Gasteiger partial charge in [0.05, 0.1) is 12.0 Å². The second-order valence-electron chi connectivity index (χ2n) is 8.19. The van der Waals surface area contributed by atoms with Crippen LogP contribution in [0.3, 0.4) is 0 Å². The molecule has 120 valence electrons. The van der Waals surface area contributed by atoms with Crippen molar-refractivity contribution < 1.29 is 0 Å². The van der Waals surface area contributed by atoms with Gasteiger partial charge in [0.2, 0.25) is 0 Å². The molecule has 0 aliphatic heterocycles. The molecule has 0 amide bonds. The maximum Gasteiger partial charge on any atom is 0.0750 e. The number of nitrogens with zero attached hydrogens (tertiary/aromatic N) is 1. The number of hydrogen-bond acceptors (Lipinski definition) is 1. The quantitative estimate of drug-likeness (QED) is 0.592. The minimum absolute atomic E-state index is 0.0323. The molecule has 0 saturated heterocycles. The highest BCUT2D eigenvalue weighted by atomic mass is 14.4. The predicted molar refractivity (Wildman–Crippen MR) is 96.5 cm³/mol. The second kappa shape index (κ2) is 6.00. The fourth-order valence-corrected chi connectivity index (χ4v) is 4.05. The van der Waals surface area contributed by atoms with Crippen molar-refractivity contribution in [2.75, 3.05) is 0 Å². The lowest BCUT2D eigenvalue weighted by molar-refractivity contribution is 0.287. The van der Waals surface area contributed by atoms with Crippen LogP contribution in [0.4, 0.5) is 0 Å². The summed E-state index contributed by atoms with van der Waals surface area (Å²) in [6.45, 7) is 9.27. The van der Waals surface area contributed by atoms with Crippen LogP contribution in [-0.4, -0.2) is 0 Å². The zero-order valence-corrected chi connectivity index (χ0v) is 14.8. The molecule has 1 nitrogen and oxygen atoms in total. The molecule has 23 heavy (non-hydrogen) atoms. The Bertz CT molecular complexity index is 682. The molecule has 0 aromatic carbocycles. The molecular weight excluding hydrogens is 278 g/mol. The highest BCUT2D eigenvalue weighted by molar-refractivity contribution is 5.50. The van der Waals surface area contributed by atoms with Crippen molar-refractivity contribution in [3.05, 3.63) is 58.7 Å². The smallest absolute Gasteiger partial charge is 0.0750 e. The Hall–Kier alpha value is -1.81. The third-order valence-electron chi connectivity index (χ3n) is 5.59. The molecule has 3 atom stereocenters. The van der Waals surface area contributed by atoms with Crippen LogP contribution in [0.25, 0.3) is 0 Å². The molecule has 0 fully saturated rings. The topological polar surface area (TPSA) is 23.8 Å². The lowest BCUT2D eigenvalue weighted by atomic mass is 9.69. The first-order valence-corrected chi connectivity index (χ1v) is 8.76. The molecule has 3 aliphatic carbocycles. The highest BCUT2D eigenvalue weighted by Gasteiger charge is 2.31. The first kappa shape index (κ1) is 16.1. The Labute approximate surface area is 140 Å². The normalized spacial score (nSPS) is 30.5. The van der Waals surface area contributed by atoms with E-state index in [4.69, 9.17) is 0 Å². The van der Waals surface area contributed by atoms with Crippen LogP contribution in [-0.2, 0) is 0 Å². The van der Waals surface area contributed by atoms with Crippen molar-refractivity contribution in [2.45, 2.75) is 47.0 Å². The van der Waals surface area contributed by atoms with Crippen molar-refractivity contribution in [3.63, 3.8) is 0 Å². The van der Waals surface area contributed by atoms with Crippen LogP contribution < -0.4 is 0 Å². The zero-order valence-electron chi connectivity index (χ0n) is 14.8. The van der Waals surface area contributed by atoms with E-state index in [2.05, 4.69) is 70.2 Å². The van der Waals surface area contributed by atoms with E-state index in [-0.39, 0.29) is 5.92 Å². The van der Waals surface area contributed by atoms with E-state index in [1.165, 1.54) is 22.3 Å². The van der Waals surface area contributed by atoms with Gasteiger partial charge in [0.1, 0.15) is 0 Å². The van der Waals surface area contributed by atoms with E-state index >= 15 is 0 Å². The van der Waals surface area contributed by atoms with Gasteiger partial charge < -0.3 is 0 Å². The number of allylic oxidation sites excluding steroid dienone is 10. The van der Waals surface area contributed by atoms with Crippen LogP contribution in [0.1, 0.15) is 47.0 Å². The molecule has 3 unspecified atom stereocenters. The van der Waals surface area contributed by atoms with E-state index in [0.717, 1.165) is 19.3 Å². The van der Waals surface area contributed by atoms with Gasteiger partial charge in [-0.3, -0.25) is 0 Å². The van der Waals surface area contributed by atoms with Crippen LogP contribution >= 0.6 is 0 Å². The average Bonchev–Trinajstić information content (AvgIpc) is 2.53. The third kappa shape index (κ3) is 3.00. The minimum atomic E-state index is 0.0323. The largest absolute Gasteiger partial charge is 0.198 e. The first-order chi connectivity index (χ1) is 10.9. The van der Waals surface area contributed by atoms with Gasteiger partial charge in [-0.25, -0.2) is 0 Å². The number of nitriles is 1. The summed E-state index contributed by atoms with van der Waals surface area (Å²) >= 11 is 0. The monoisotopic (exact) mass is 305 g/mol. The Morgan fingerprint density at radius 1 is 1.00 bits per heavy atom. The molecule has 0 bridgehead atoms. The molecule has 0 aromatic heterocycles. The van der Waals surface area contributed by atoms with Crippen molar-refractivity contribution in [3.8, 4) is 6.07 Å². The summed E-state index contributed by atoms with van der Waals surface area (Å²) in [5, 5.41) is 9.42. The van der Waals surface area contributed by atoms with E-state index in [1.807, 2.05) is 0 Å². The lowest BCUT2D eigenvalue weighted by Gasteiger charge is -2.35. The summed E-state index contributed by atoms with van der Waals surface area (Å²) in [5.41, 5.74) is 5.94. The third-order valence-corrected chi connectivity index (χ3v) is 5.59. The predicted octanol–water partition coefficient (Wildman–Crippen LogP) is 5.90. The SMILES string of the molecule is CC1=C(C2CC=CC3=C2C=CCC3C#N)C=CC(C(C)(C)C)C1. The van der Waals surface area contributed by atoms with Crippen molar-refractivity contribution in [1.82, 2.24) is 0 Å². The lowest BCUT2D eigenvalue weighted by Crippen LogP contribution is -2.23. The van der Waals surface area contributed by atoms with Gasteiger partial charge >= 0.3 is 0 Å². The minimum Gasteiger partial charge on any atom is -0.198 e. The van der Waals surface area contributed by atoms with Gasteiger partial charge in [-0.15, -0.1) is 0 Å². The highest BCUT2D eigenvalue weighted by Crippen LogP contribution is 2.44. The van der Waals surface area contributed by atoms with Gasteiger partial charge in [0, 0.05) is 5.92 Å². The van der Waals surface area contributed by atoms with Gasteiger partial charge in [0.25, 0.3) is 0 Å². The zero-order chi connectivity index (χ0) is 16.6. The van der Waals surface area contributed by atoms with Gasteiger partial charge in [-0.05, 0) is 54.2 Å². The van der Waals surface area contributed by atoms with Crippen LogP contribution in [0.15, 0.2) is 58.7 Å². The first-order valence-electron chi connectivity index (χ1n) is 8.76. The van der Waals surface area contributed by atoms with Crippen LogP contribution in [0.2, 0.25) is 0 Å². The van der Waals surface area contributed by atoms with Crippen LogP contribution in [0, 0.1) is 34.5 Å². The molecule has 0 aromatic rings. The second-order valence-corrected chi connectivity index (χ2v) is 8.19. The summed E-state index contributed by atoms with van der Waals surface area (Å²) in [6.07, 6.45) is 16.7. The average molecular weight is 305 g/mol. The van der Waals surface area contributed by atoms with E-state index in [9.17, 15) is 5.26 Å². The molecule has 3 aliphatic rings. The molecule has 3 rings (SSSR count). The van der Waals surface area contributed by atoms with Crippen LogP contribution in [0.5, 0.6) is 0 Å². The molecule has 0 heterocycles. The van der Waals surface area contributed by atoms with E-state index in [1.54, 1.807) is 0 Å². The van der Waals surface area contributed by atoms with Gasteiger partial charge in [-0.1, -0.05) is 62.8 Å². The summed E-state index contributed by atoms with van der Waals surface area (Å²) in [7, 11) is 0. The fraction of sp³-hybridized carbons (Fsp3) is 0.500. The van der Waals surface area contributed by atoms with E-state index in [0.29, 0.717) is 17.3 Å². The molecular formula is C22H27N. The van der Waals surface area contributed by atoms with Crippen molar-refractivity contribution in [1.29, 1.82) is 5.26 Å². The summed E-state index contributed by atoms with van der Waals surface area (Å²) in [4.78, 5) is 0. The molecule has 1 heteroatoms. The summed E-state index contributed by atoms with van der Waals surface area (Å²) in [5.74, 6) is 1.08. The van der Waals surface area contributed by atoms with Crippen molar-refractivity contribution >= 4 is 0 Å². The standard InChI is InChI=1S/C22H27N/c1-15-13-17(22(2,3)4)11-12-18(15)20-10-6-8-19-16(14-23)7-5-9-21(19)20/h5-6,8-9,11-12,16-17,20H,7,10,13H2,1-4H3. The van der Waals surface area contributed by atoms with Gasteiger partial charge in [-0.2, -0.15) is 5.26 Å². The Balaban J connectivity index is 1.93. The summed E-state index contributed by atoms with van der Waals surface area (Å²) < 4.78 is 0. The summed E-state index contributed by atoms with van der Waals surface area (Å²) in [6, 6.07) is 2.47. The molecule has 0 spiro atoms. The number of rotatable bonds is 1. The van der Waals surface area contributed by atoms with E-state index < -0.39 is 0 Å². The maximum atomic E-state index is 9.42. The molecule has 0 N–H and O–H groups in total.